The van der Waals surface area contributed by atoms with E-state index >= 15 is 0 Å². The third-order valence-electron chi connectivity index (χ3n) is 3.25. The summed E-state index contributed by atoms with van der Waals surface area (Å²) in [5.41, 5.74) is 2.51. The highest BCUT2D eigenvalue weighted by molar-refractivity contribution is 7.10. The van der Waals surface area contributed by atoms with Crippen LogP contribution in [0.25, 0.3) is 0 Å². The summed E-state index contributed by atoms with van der Waals surface area (Å²) < 4.78 is 5.27. The molecule has 0 unspecified atom stereocenters. The Balaban J connectivity index is 1.52. The van der Waals surface area contributed by atoms with Gasteiger partial charge in [0.05, 0.1) is 6.54 Å². The molecule has 0 saturated heterocycles. The van der Waals surface area contributed by atoms with Crippen molar-refractivity contribution in [3.63, 3.8) is 0 Å². The van der Waals surface area contributed by atoms with E-state index < -0.39 is 0 Å². The Morgan fingerprint density at radius 2 is 2.00 bits per heavy atom. The van der Waals surface area contributed by atoms with Crippen LogP contribution in [0.3, 0.4) is 0 Å². The molecule has 0 spiro atoms. The molecule has 0 saturated carbocycles. The van der Waals surface area contributed by atoms with Crippen molar-refractivity contribution in [2.45, 2.75) is 26.4 Å². The van der Waals surface area contributed by atoms with Crippen molar-refractivity contribution in [3.8, 4) is 0 Å². The summed E-state index contributed by atoms with van der Waals surface area (Å²) in [6.07, 6.45) is 0.703. The number of hydrogen-bond donors (Lipinski definition) is 1. The second kappa shape index (κ2) is 6.65. The zero-order valence-corrected chi connectivity index (χ0v) is 12.7. The van der Waals surface area contributed by atoms with Crippen LogP contribution in [0, 0.1) is 6.92 Å². The van der Waals surface area contributed by atoms with Crippen LogP contribution in [0.1, 0.15) is 27.7 Å². The maximum absolute atomic E-state index is 5.27. The van der Waals surface area contributed by atoms with Gasteiger partial charge in [0, 0.05) is 17.8 Å². The van der Waals surface area contributed by atoms with E-state index in [0.717, 1.165) is 12.4 Å². The lowest BCUT2D eigenvalue weighted by atomic mass is 10.1. The Bertz CT molecular complexity index is 690. The van der Waals surface area contributed by atoms with E-state index in [4.69, 9.17) is 4.52 Å². The van der Waals surface area contributed by atoms with Gasteiger partial charge < -0.3 is 9.84 Å². The monoisotopic (exact) mass is 299 g/mol. The summed E-state index contributed by atoms with van der Waals surface area (Å²) in [7, 11) is 0. The second-order valence-corrected chi connectivity index (χ2v) is 5.90. The van der Waals surface area contributed by atoms with Gasteiger partial charge in [0.15, 0.2) is 5.82 Å². The van der Waals surface area contributed by atoms with Crippen molar-refractivity contribution >= 4 is 11.3 Å². The molecule has 0 radical (unpaired) electrons. The first kappa shape index (κ1) is 14.0. The van der Waals surface area contributed by atoms with Gasteiger partial charge in [0.1, 0.15) is 0 Å². The van der Waals surface area contributed by atoms with Gasteiger partial charge in [-0.1, -0.05) is 35.5 Å². The number of hydrogen-bond acceptors (Lipinski definition) is 5. The highest BCUT2D eigenvalue weighted by atomic mass is 32.1. The largest absolute Gasteiger partial charge is 0.338 e. The predicted octanol–water partition coefficient (Wildman–Crippen LogP) is 3.32. The van der Waals surface area contributed by atoms with Crippen LogP contribution < -0.4 is 5.32 Å². The van der Waals surface area contributed by atoms with E-state index in [2.05, 4.69) is 46.0 Å². The first-order valence-corrected chi connectivity index (χ1v) is 7.78. The third kappa shape index (κ3) is 3.77. The quantitative estimate of drug-likeness (QED) is 0.758. The Morgan fingerprint density at radius 1 is 1.14 bits per heavy atom. The van der Waals surface area contributed by atoms with Crippen molar-refractivity contribution in [2.75, 3.05) is 0 Å². The number of aryl methyl sites for hydroxylation is 1. The fourth-order valence-electron chi connectivity index (χ4n) is 2.08. The molecule has 0 aliphatic rings. The Hall–Kier alpha value is -1.98. The van der Waals surface area contributed by atoms with Crippen molar-refractivity contribution in [2.24, 2.45) is 0 Å². The van der Waals surface area contributed by atoms with E-state index in [1.54, 1.807) is 11.3 Å². The molecule has 0 fully saturated rings. The zero-order chi connectivity index (χ0) is 14.5. The summed E-state index contributed by atoms with van der Waals surface area (Å²) in [5, 5.41) is 9.47. The molecule has 108 valence electrons. The van der Waals surface area contributed by atoms with Gasteiger partial charge in [-0.25, -0.2) is 0 Å². The Kier molecular flexibility index (Phi) is 4.43. The minimum atomic E-state index is 0.596. The van der Waals surface area contributed by atoms with Crippen LogP contribution in [-0.2, 0) is 19.5 Å². The summed E-state index contributed by atoms with van der Waals surface area (Å²) in [6, 6.07) is 12.3. The fraction of sp³-hybridized carbons (Fsp3) is 0.250. The average Bonchev–Trinajstić information content (AvgIpc) is 3.10. The van der Waals surface area contributed by atoms with E-state index in [1.807, 2.05) is 18.2 Å². The van der Waals surface area contributed by atoms with Gasteiger partial charge in [-0.15, -0.1) is 11.3 Å². The topological polar surface area (TPSA) is 51.0 Å². The molecule has 0 amide bonds. The van der Waals surface area contributed by atoms with Crippen LogP contribution in [-0.4, -0.2) is 10.1 Å². The minimum absolute atomic E-state index is 0.596. The van der Waals surface area contributed by atoms with Gasteiger partial charge in [-0.3, -0.25) is 0 Å². The number of thiophene rings is 1. The molecule has 21 heavy (non-hydrogen) atoms. The summed E-state index contributed by atoms with van der Waals surface area (Å²) in [5.74, 6) is 1.36. The second-order valence-electron chi connectivity index (χ2n) is 4.90. The fourth-order valence-corrected chi connectivity index (χ4v) is 2.96. The molecular weight excluding hydrogens is 282 g/mol. The average molecular weight is 299 g/mol. The maximum atomic E-state index is 5.27. The Labute approximate surface area is 127 Å². The molecule has 0 aliphatic carbocycles. The van der Waals surface area contributed by atoms with Gasteiger partial charge in [-0.2, -0.15) is 4.98 Å². The number of aromatic nitrogens is 2. The lowest BCUT2D eigenvalue weighted by molar-refractivity contribution is 0.363. The molecule has 1 N–H and O–H groups in total. The van der Waals surface area contributed by atoms with Crippen LogP contribution in [0.5, 0.6) is 0 Å². The molecule has 2 aromatic heterocycles. The van der Waals surface area contributed by atoms with E-state index in [9.17, 15) is 0 Å². The smallest absolute Gasteiger partial charge is 0.240 e. The lowest BCUT2D eigenvalue weighted by Gasteiger charge is -2.00. The normalized spacial score (nSPS) is 10.9. The molecule has 2 heterocycles. The van der Waals surface area contributed by atoms with Crippen LogP contribution in [0.4, 0.5) is 0 Å². The van der Waals surface area contributed by atoms with E-state index in [1.165, 1.54) is 16.0 Å². The molecule has 5 heteroatoms. The number of nitrogens with zero attached hydrogens (tertiary/aromatic N) is 2. The standard InChI is InChI=1S/C16H17N3OS/c1-12-7-8-21-14(12)10-17-11-16-18-15(19-20-16)9-13-5-3-2-4-6-13/h2-8,17H,9-11H2,1H3. The number of rotatable bonds is 6. The van der Waals surface area contributed by atoms with Crippen molar-refractivity contribution < 1.29 is 4.52 Å². The zero-order valence-electron chi connectivity index (χ0n) is 11.9. The maximum Gasteiger partial charge on any atom is 0.240 e. The summed E-state index contributed by atoms with van der Waals surface area (Å²) in [6.45, 7) is 3.55. The van der Waals surface area contributed by atoms with Gasteiger partial charge in [-0.05, 0) is 29.5 Å². The summed E-state index contributed by atoms with van der Waals surface area (Å²) >= 11 is 1.76. The molecule has 1 aromatic carbocycles. The first-order chi connectivity index (χ1) is 10.3. The molecular formula is C16H17N3OS. The number of benzene rings is 1. The number of nitrogens with one attached hydrogen (secondary N) is 1. The highest BCUT2D eigenvalue weighted by Crippen LogP contribution is 2.15. The first-order valence-electron chi connectivity index (χ1n) is 6.90. The molecule has 3 aromatic rings. The van der Waals surface area contributed by atoms with Crippen LogP contribution in [0.2, 0.25) is 0 Å². The van der Waals surface area contributed by atoms with Gasteiger partial charge >= 0.3 is 0 Å². The van der Waals surface area contributed by atoms with Gasteiger partial charge in [0.25, 0.3) is 0 Å². The van der Waals surface area contributed by atoms with Crippen molar-refractivity contribution in [3.05, 3.63) is 69.5 Å². The predicted molar refractivity (Wildman–Crippen MR) is 83.1 cm³/mol. The molecule has 0 bridgehead atoms. The van der Waals surface area contributed by atoms with E-state index in [-0.39, 0.29) is 0 Å². The van der Waals surface area contributed by atoms with Crippen LogP contribution in [0.15, 0.2) is 46.3 Å². The van der Waals surface area contributed by atoms with E-state index in [0.29, 0.717) is 18.9 Å². The molecule has 4 nitrogen and oxygen atoms in total. The van der Waals surface area contributed by atoms with Crippen molar-refractivity contribution in [1.29, 1.82) is 0 Å². The van der Waals surface area contributed by atoms with Crippen LogP contribution >= 0.6 is 11.3 Å². The minimum Gasteiger partial charge on any atom is -0.338 e. The molecule has 3 rings (SSSR count). The highest BCUT2D eigenvalue weighted by Gasteiger charge is 2.07. The Morgan fingerprint density at radius 3 is 2.76 bits per heavy atom. The summed E-state index contributed by atoms with van der Waals surface area (Å²) in [4.78, 5) is 5.76. The van der Waals surface area contributed by atoms with Crippen molar-refractivity contribution in [1.82, 2.24) is 15.5 Å². The SMILES string of the molecule is Cc1ccsc1CNCc1nc(Cc2ccccc2)no1. The van der Waals surface area contributed by atoms with Gasteiger partial charge in [0.2, 0.25) is 5.89 Å². The molecule has 0 atom stereocenters. The third-order valence-corrected chi connectivity index (χ3v) is 4.27. The lowest BCUT2D eigenvalue weighted by Crippen LogP contribution is -2.12. The molecule has 0 aliphatic heterocycles.